The van der Waals surface area contributed by atoms with Crippen LogP contribution < -0.4 is 0 Å². The van der Waals surface area contributed by atoms with Gasteiger partial charge in [-0.15, -0.1) is 0 Å². The Labute approximate surface area is 101 Å². The summed E-state index contributed by atoms with van der Waals surface area (Å²) in [5, 5.41) is 1.00. The van der Waals surface area contributed by atoms with Crippen LogP contribution in [-0.2, 0) is 6.42 Å². The SMILES string of the molecule is Cc1c(CCCN(C)C)[nH]c2ccc(F)cc12. The smallest absolute Gasteiger partial charge is 0.123 e. The molecule has 0 amide bonds. The average molecular weight is 234 g/mol. The lowest BCUT2D eigenvalue weighted by atomic mass is 10.1. The summed E-state index contributed by atoms with van der Waals surface area (Å²) in [7, 11) is 4.15. The van der Waals surface area contributed by atoms with Crippen LogP contribution in [0.2, 0.25) is 0 Å². The molecular weight excluding hydrogens is 215 g/mol. The third-order valence-electron chi connectivity index (χ3n) is 3.16. The molecule has 0 aliphatic heterocycles. The van der Waals surface area contributed by atoms with Gasteiger partial charge in [0.2, 0.25) is 0 Å². The van der Waals surface area contributed by atoms with Gasteiger partial charge in [0.1, 0.15) is 5.82 Å². The Morgan fingerprint density at radius 1 is 1.29 bits per heavy atom. The van der Waals surface area contributed by atoms with Crippen molar-refractivity contribution in [1.82, 2.24) is 9.88 Å². The number of rotatable bonds is 4. The zero-order valence-corrected chi connectivity index (χ0v) is 10.7. The van der Waals surface area contributed by atoms with E-state index in [9.17, 15) is 4.39 Å². The van der Waals surface area contributed by atoms with Crippen LogP contribution in [0.4, 0.5) is 4.39 Å². The van der Waals surface area contributed by atoms with E-state index in [1.807, 2.05) is 6.07 Å². The van der Waals surface area contributed by atoms with Crippen LogP contribution >= 0.6 is 0 Å². The van der Waals surface area contributed by atoms with Crippen molar-refractivity contribution in [2.24, 2.45) is 0 Å². The first-order valence-electron chi connectivity index (χ1n) is 5.99. The highest BCUT2D eigenvalue weighted by molar-refractivity contribution is 5.84. The summed E-state index contributed by atoms with van der Waals surface area (Å²) >= 11 is 0. The van der Waals surface area contributed by atoms with Crippen LogP contribution in [0.3, 0.4) is 0 Å². The Kier molecular flexibility index (Phi) is 3.48. The molecule has 0 unspecified atom stereocenters. The first-order valence-corrected chi connectivity index (χ1v) is 5.99. The highest BCUT2D eigenvalue weighted by Crippen LogP contribution is 2.23. The number of halogens is 1. The molecule has 1 aromatic carbocycles. The quantitative estimate of drug-likeness (QED) is 0.861. The van der Waals surface area contributed by atoms with E-state index in [0.29, 0.717) is 0 Å². The number of aromatic nitrogens is 1. The summed E-state index contributed by atoms with van der Waals surface area (Å²) in [4.78, 5) is 5.56. The first kappa shape index (κ1) is 12.1. The molecule has 0 bridgehead atoms. The highest BCUT2D eigenvalue weighted by atomic mass is 19.1. The molecule has 0 fully saturated rings. The van der Waals surface area contributed by atoms with Gasteiger partial charge >= 0.3 is 0 Å². The van der Waals surface area contributed by atoms with Gasteiger partial charge in [0.15, 0.2) is 0 Å². The third-order valence-corrected chi connectivity index (χ3v) is 3.16. The molecule has 92 valence electrons. The first-order chi connectivity index (χ1) is 8.08. The summed E-state index contributed by atoms with van der Waals surface area (Å²) in [6.07, 6.45) is 2.13. The van der Waals surface area contributed by atoms with Crippen LogP contribution in [0.1, 0.15) is 17.7 Å². The second-order valence-electron chi connectivity index (χ2n) is 4.83. The number of fused-ring (bicyclic) bond motifs is 1. The van der Waals surface area contributed by atoms with E-state index in [1.54, 1.807) is 6.07 Å². The lowest BCUT2D eigenvalue weighted by Crippen LogP contribution is -2.13. The van der Waals surface area contributed by atoms with Gasteiger partial charge in [-0.1, -0.05) is 0 Å². The molecule has 0 saturated carbocycles. The van der Waals surface area contributed by atoms with Crippen molar-refractivity contribution in [3.8, 4) is 0 Å². The molecule has 0 saturated heterocycles. The maximum Gasteiger partial charge on any atom is 0.123 e. The van der Waals surface area contributed by atoms with Crippen LogP contribution in [-0.4, -0.2) is 30.5 Å². The van der Waals surface area contributed by atoms with Gasteiger partial charge in [-0.3, -0.25) is 0 Å². The minimum Gasteiger partial charge on any atom is -0.358 e. The standard InChI is InChI=1S/C14H19FN2/c1-10-12-9-11(15)6-7-14(12)16-13(10)5-4-8-17(2)3/h6-7,9,16H,4-5,8H2,1-3H3. The topological polar surface area (TPSA) is 19.0 Å². The van der Waals surface area contributed by atoms with Crippen LogP contribution in [0.15, 0.2) is 18.2 Å². The zero-order chi connectivity index (χ0) is 12.4. The Hall–Kier alpha value is -1.35. The van der Waals surface area contributed by atoms with Gasteiger partial charge in [-0.05, 0) is 64.2 Å². The predicted octanol–water partition coefficient (Wildman–Crippen LogP) is 3.11. The van der Waals surface area contributed by atoms with Crippen molar-refractivity contribution in [2.75, 3.05) is 20.6 Å². The monoisotopic (exact) mass is 234 g/mol. The minimum atomic E-state index is -0.167. The Bertz CT molecular complexity index is 514. The van der Waals surface area contributed by atoms with Crippen LogP contribution in [0.5, 0.6) is 0 Å². The molecular formula is C14H19FN2. The van der Waals surface area contributed by atoms with Crippen LogP contribution in [0, 0.1) is 12.7 Å². The highest BCUT2D eigenvalue weighted by Gasteiger charge is 2.08. The van der Waals surface area contributed by atoms with Crippen molar-refractivity contribution in [3.05, 3.63) is 35.3 Å². The van der Waals surface area contributed by atoms with E-state index < -0.39 is 0 Å². The molecule has 0 spiro atoms. The number of nitrogens with one attached hydrogen (secondary N) is 1. The molecule has 0 atom stereocenters. The molecule has 17 heavy (non-hydrogen) atoms. The van der Waals surface area contributed by atoms with Crippen molar-refractivity contribution >= 4 is 10.9 Å². The normalized spacial score (nSPS) is 11.6. The van der Waals surface area contributed by atoms with Crippen molar-refractivity contribution in [2.45, 2.75) is 19.8 Å². The van der Waals surface area contributed by atoms with Gasteiger partial charge in [-0.2, -0.15) is 0 Å². The zero-order valence-electron chi connectivity index (χ0n) is 10.7. The second-order valence-corrected chi connectivity index (χ2v) is 4.83. The summed E-state index contributed by atoms with van der Waals surface area (Å²) < 4.78 is 13.2. The van der Waals surface area contributed by atoms with E-state index in [0.717, 1.165) is 30.3 Å². The van der Waals surface area contributed by atoms with E-state index in [1.165, 1.54) is 17.3 Å². The number of hydrogen-bond acceptors (Lipinski definition) is 1. The fourth-order valence-electron chi connectivity index (χ4n) is 2.18. The summed E-state index contributed by atoms with van der Waals surface area (Å²) in [5.41, 5.74) is 3.44. The fourth-order valence-corrected chi connectivity index (χ4v) is 2.18. The van der Waals surface area contributed by atoms with Crippen molar-refractivity contribution < 1.29 is 4.39 Å². The number of aromatic amines is 1. The van der Waals surface area contributed by atoms with E-state index in [4.69, 9.17) is 0 Å². The predicted molar refractivity (Wildman–Crippen MR) is 69.9 cm³/mol. The second kappa shape index (κ2) is 4.88. The van der Waals surface area contributed by atoms with Crippen LogP contribution in [0.25, 0.3) is 10.9 Å². The molecule has 1 aromatic heterocycles. The summed E-state index contributed by atoms with van der Waals surface area (Å²) in [6, 6.07) is 4.92. The minimum absolute atomic E-state index is 0.167. The fraction of sp³-hybridized carbons (Fsp3) is 0.429. The molecule has 3 heteroatoms. The molecule has 2 aromatic rings. The molecule has 0 aliphatic carbocycles. The lowest BCUT2D eigenvalue weighted by Gasteiger charge is -2.08. The number of benzene rings is 1. The van der Waals surface area contributed by atoms with Gasteiger partial charge < -0.3 is 9.88 Å². The van der Waals surface area contributed by atoms with Gasteiger partial charge in [0, 0.05) is 16.6 Å². The van der Waals surface area contributed by atoms with Gasteiger partial charge in [0.25, 0.3) is 0 Å². The number of hydrogen-bond donors (Lipinski definition) is 1. The molecule has 1 N–H and O–H groups in total. The lowest BCUT2D eigenvalue weighted by molar-refractivity contribution is 0.399. The van der Waals surface area contributed by atoms with Crippen molar-refractivity contribution in [1.29, 1.82) is 0 Å². The average Bonchev–Trinajstić information content (AvgIpc) is 2.56. The number of nitrogens with zero attached hydrogens (tertiary/aromatic N) is 1. The number of H-pyrrole nitrogens is 1. The Morgan fingerprint density at radius 2 is 2.06 bits per heavy atom. The maximum absolute atomic E-state index is 13.2. The summed E-state index contributed by atoms with van der Waals surface area (Å²) in [6.45, 7) is 3.13. The third kappa shape index (κ3) is 2.67. The molecule has 0 aliphatic rings. The Morgan fingerprint density at radius 3 is 2.76 bits per heavy atom. The van der Waals surface area contributed by atoms with Gasteiger partial charge in [0.05, 0.1) is 0 Å². The molecule has 0 radical (unpaired) electrons. The number of aryl methyl sites for hydroxylation is 2. The van der Waals surface area contributed by atoms with Crippen molar-refractivity contribution in [3.63, 3.8) is 0 Å². The van der Waals surface area contributed by atoms with E-state index in [-0.39, 0.29) is 5.82 Å². The van der Waals surface area contributed by atoms with E-state index in [2.05, 4.69) is 30.9 Å². The maximum atomic E-state index is 13.2. The largest absolute Gasteiger partial charge is 0.358 e. The Balaban J connectivity index is 2.20. The molecule has 1 heterocycles. The summed E-state index contributed by atoms with van der Waals surface area (Å²) in [5.74, 6) is -0.167. The van der Waals surface area contributed by atoms with E-state index >= 15 is 0 Å². The molecule has 2 nitrogen and oxygen atoms in total. The molecule has 2 rings (SSSR count). The van der Waals surface area contributed by atoms with Gasteiger partial charge in [-0.25, -0.2) is 4.39 Å².